The van der Waals surface area contributed by atoms with Gasteiger partial charge in [-0.15, -0.1) is 0 Å². The van der Waals surface area contributed by atoms with Crippen molar-refractivity contribution in [2.45, 2.75) is 38.1 Å². The first kappa shape index (κ1) is 17.0. The first-order chi connectivity index (χ1) is 11.1. The summed E-state index contributed by atoms with van der Waals surface area (Å²) in [4.78, 5) is 35.2. The Kier molecular flexibility index (Phi) is 6.14. The van der Waals surface area contributed by atoms with Crippen LogP contribution in [0.3, 0.4) is 0 Å². The lowest BCUT2D eigenvalue weighted by molar-refractivity contribution is -0.143. The van der Waals surface area contributed by atoms with Crippen molar-refractivity contribution in [3.8, 4) is 0 Å². The van der Waals surface area contributed by atoms with E-state index in [1.807, 2.05) is 6.07 Å². The molecule has 2 rings (SSSR count). The number of carboxylic acids is 1. The summed E-state index contributed by atoms with van der Waals surface area (Å²) in [5.74, 6) is -2.10. The van der Waals surface area contributed by atoms with Gasteiger partial charge in [-0.1, -0.05) is 37.5 Å². The molecule has 0 radical (unpaired) electrons. The Morgan fingerprint density at radius 1 is 1.04 bits per heavy atom. The lowest BCUT2D eigenvalue weighted by Crippen LogP contribution is -2.46. The third kappa shape index (κ3) is 5.09. The van der Waals surface area contributed by atoms with E-state index in [9.17, 15) is 19.5 Å². The normalized spacial score (nSPS) is 21.0. The fourth-order valence-electron chi connectivity index (χ4n) is 2.89. The van der Waals surface area contributed by atoms with Crippen molar-refractivity contribution in [2.75, 3.05) is 6.54 Å². The quantitative estimate of drug-likeness (QED) is 0.718. The van der Waals surface area contributed by atoms with E-state index in [1.165, 1.54) is 0 Å². The number of amides is 2. The third-order valence-electron chi connectivity index (χ3n) is 4.13. The van der Waals surface area contributed by atoms with Gasteiger partial charge in [0.15, 0.2) is 0 Å². The summed E-state index contributed by atoms with van der Waals surface area (Å²) < 4.78 is 0. The van der Waals surface area contributed by atoms with E-state index in [2.05, 4.69) is 10.6 Å². The lowest BCUT2D eigenvalue weighted by Gasteiger charge is -2.22. The zero-order valence-corrected chi connectivity index (χ0v) is 13.0. The maximum atomic E-state index is 12.0. The monoisotopic (exact) mass is 318 g/mol. The first-order valence-electron chi connectivity index (χ1n) is 7.93. The predicted octanol–water partition coefficient (Wildman–Crippen LogP) is 1.57. The second-order valence-corrected chi connectivity index (χ2v) is 5.81. The number of carbonyl (C=O) groups is 3. The molecule has 1 aromatic carbocycles. The van der Waals surface area contributed by atoms with Gasteiger partial charge < -0.3 is 15.7 Å². The molecule has 0 unspecified atom stereocenters. The van der Waals surface area contributed by atoms with Crippen molar-refractivity contribution in [2.24, 2.45) is 5.92 Å². The summed E-state index contributed by atoms with van der Waals surface area (Å²) in [5.41, 5.74) is 0.484. The highest BCUT2D eigenvalue weighted by Crippen LogP contribution is 2.23. The standard InChI is InChI=1S/C17H22N2O4/c20-15(11-18-16(21)12-7-3-1-4-8-12)19-14-10-6-2-5-9-13(14)17(22)23/h1,3-4,7-8,13-14H,2,5-6,9-11H2,(H,18,21)(H,19,20)(H,22,23)/t13-,14+/m1/s1. The number of carbonyl (C=O) groups excluding carboxylic acids is 2. The smallest absolute Gasteiger partial charge is 0.308 e. The van der Waals surface area contributed by atoms with E-state index in [-0.39, 0.29) is 24.4 Å². The molecule has 23 heavy (non-hydrogen) atoms. The van der Waals surface area contributed by atoms with E-state index < -0.39 is 11.9 Å². The molecule has 1 aromatic rings. The molecule has 6 heteroatoms. The Morgan fingerprint density at radius 2 is 1.74 bits per heavy atom. The van der Waals surface area contributed by atoms with Crippen LogP contribution in [-0.2, 0) is 9.59 Å². The van der Waals surface area contributed by atoms with E-state index in [1.54, 1.807) is 24.3 Å². The van der Waals surface area contributed by atoms with Gasteiger partial charge in [-0.05, 0) is 25.0 Å². The number of hydrogen-bond donors (Lipinski definition) is 3. The van der Waals surface area contributed by atoms with Crippen LogP contribution in [0.15, 0.2) is 30.3 Å². The van der Waals surface area contributed by atoms with Gasteiger partial charge in [-0.25, -0.2) is 0 Å². The SMILES string of the molecule is O=C(CNC(=O)c1ccccc1)N[C@H]1CCCCC[C@H]1C(=O)O. The van der Waals surface area contributed by atoms with Gasteiger partial charge in [0.1, 0.15) is 0 Å². The van der Waals surface area contributed by atoms with Crippen LogP contribution in [0.1, 0.15) is 42.5 Å². The van der Waals surface area contributed by atoms with E-state index >= 15 is 0 Å². The number of nitrogens with one attached hydrogen (secondary N) is 2. The molecule has 0 aromatic heterocycles. The van der Waals surface area contributed by atoms with Crippen molar-refractivity contribution < 1.29 is 19.5 Å². The van der Waals surface area contributed by atoms with Crippen LogP contribution in [0.25, 0.3) is 0 Å². The van der Waals surface area contributed by atoms with Gasteiger partial charge >= 0.3 is 5.97 Å². The third-order valence-corrected chi connectivity index (χ3v) is 4.13. The zero-order chi connectivity index (χ0) is 16.7. The van der Waals surface area contributed by atoms with Gasteiger partial charge in [0.2, 0.25) is 5.91 Å². The molecule has 2 atom stereocenters. The Morgan fingerprint density at radius 3 is 2.43 bits per heavy atom. The molecule has 0 aliphatic heterocycles. The minimum atomic E-state index is -0.870. The highest BCUT2D eigenvalue weighted by molar-refractivity contribution is 5.96. The van der Waals surface area contributed by atoms with Crippen molar-refractivity contribution in [3.63, 3.8) is 0 Å². The van der Waals surface area contributed by atoms with Crippen molar-refractivity contribution in [3.05, 3.63) is 35.9 Å². The van der Waals surface area contributed by atoms with Gasteiger partial charge in [0.25, 0.3) is 5.91 Å². The molecule has 3 N–H and O–H groups in total. The topological polar surface area (TPSA) is 95.5 Å². The fraction of sp³-hybridized carbons (Fsp3) is 0.471. The average molecular weight is 318 g/mol. The van der Waals surface area contributed by atoms with Crippen molar-refractivity contribution in [1.29, 1.82) is 0 Å². The van der Waals surface area contributed by atoms with Crippen LogP contribution in [0.2, 0.25) is 0 Å². The van der Waals surface area contributed by atoms with Gasteiger partial charge in [-0.2, -0.15) is 0 Å². The molecule has 1 aliphatic rings. The minimum Gasteiger partial charge on any atom is -0.481 e. The van der Waals surface area contributed by atoms with Crippen LogP contribution in [0.5, 0.6) is 0 Å². The average Bonchev–Trinajstić information content (AvgIpc) is 2.79. The Balaban J connectivity index is 1.85. The Labute approximate surface area is 135 Å². The number of carboxylic acid groups (broad SMARTS) is 1. The van der Waals surface area contributed by atoms with E-state index in [0.717, 1.165) is 19.3 Å². The van der Waals surface area contributed by atoms with E-state index in [4.69, 9.17) is 0 Å². The minimum absolute atomic E-state index is 0.156. The van der Waals surface area contributed by atoms with Crippen LogP contribution >= 0.6 is 0 Å². The highest BCUT2D eigenvalue weighted by Gasteiger charge is 2.30. The van der Waals surface area contributed by atoms with Crippen LogP contribution in [-0.4, -0.2) is 35.5 Å². The number of hydrogen-bond acceptors (Lipinski definition) is 3. The van der Waals surface area contributed by atoms with E-state index in [0.29, 0.717) is 18.4 Å². The van der Waals surface area contributed by atoms with Gasteiger partial charge in [0.05, 0.1) is 12.5 Å². The molecule has 124 valence electrons. The fourth-order valence-corrected chi connectivity index (χ4v) is 2.89. The molecule has 0 heterocycles. The molecule has 1 saturated carbocycles. The van der Waals surface area contributed by atoms with Crippen molar-refractivity contribution >= 4 is 17.8 Å². The van der Waals surface area contributed by atoms with Gasteiger partial charge in [0, 0.05) is 11.6 Å². The van der Waals surface area contributed by atoms with Crippen LogP contribution < -0.4 is 10.6 Å². The van der Waals surface area contributed by atoms with Crippen LogP contribution in [0.4, 0.5) is 0 Å². The summed E-state index contributed by atoms with van der Waals surface area (Å²) in [6, 6.07) is 8.27. The maximum Gasteiger partial charge on any atom is 0.308 e. The Bertz CT molecular complexity index is 559. The molecule has 0 spiro atoms. The molecular formula is C17H22N2O4. The van der Waals surface area contributed by atoms with Gasteiger partial charge in [-0.3, -0.25) is 14.4 Å². The number of rotatable bonds is 5. The highest BCUT2D eigenvalue weighted by atomic mass is 16.4. The zero-order valence-electron chi connectivity index (χ0n) is 13.0. The number of aliphatic carboxylic acids is 1. The molecule has 2 amide bonds. The summed E-state index contributed by atoms with van der Waals surface area (Å²) in [5, 5.41) is 14.6. The molecule has 1 fully saturated rings. The summed E-state index contributed by atoms with van der Waals surface area (Å²) in [6.45, 7) is -0.156. The maximum absolute atomic E-state index is 12.0. The first-order valence-corrected chi connectivity index (χ1v) is 7.93. The Hall–Kier alpha value is -2.37. The predicted molar refractivity (Wildman–Crippen MR) is 84.9 cm³/mol. The second-order valence-electron chi connectivity index (χ2n) is 5.81. The second kappa shape index (κ2) is 8.31. The summed E-state index contributed by atoms with van der Waals surface area (Å²) >= 11 is 0. The number of benzene rings is 1. The molecule has 6 nitrogen and oxygen atoms in total. The van der Waals surface area contributed by atoms with Crippen LogP contribution in [0, 0.1) is 5.92 Å². The molecule has 0 saturated heterocycles. The van der Waals surface area contributed by atoms with Crippen molar-refractivity contribution in [1.82, 2.24) is 10.6 Å². The largest absolute Gasteiger partial charge is 0.481 e. The summed E-state index contributed by atoms with van der Waals surface area (Å²) in [7, 11) is 0. The molecular weight excluding hydrogens is 296 g/mol. The summed E-state index contributed by atoms with van der Waals surface area (Å²) in [6.07, 6.45) is 4.01. The molecule has 1 aliphatic carbocycles. The lowest BCUT2D eigenvalue weighted by atomic mass is 9.95. The molecule has 0 bridgehead atoms.